The van der Waals surface area contributed by atoms with Crippen LogP contribution in [0.15, 0.2) is 17.2 Å². The Morgan fingerprint density at radius 2 is 1.77 bits per heavy atom. The number of cyclic esters (lactones) is 2. The fraction of sp³-hybridized carbons (Fsp3) is 0.476. The number of ether oxygens (including phenoxy) is 3. The van der Waals surface area contributed by atoms with Gasteiger partial charge in [0.2, 0.25) is 5.75 Å². The summed E-state index contributed by atoms with van der Waals surface area (Å²) in [5.74, 6) is -0.570. The van der Waals surface area contributed by atoms with E-state index in [2.05, 4.69) is 4.98 Å². The topological polar surface area (TPSA) is 97.9 Å². The van der Waals surface area contributed by atoms with Gasteiger partial charge < -0.3 is 24.3 Å². The van der Waals surface area contributed by atoms with Gasteiger partial charge in [-0.3, -0.25) is 9.59 Å². The van der Waals surface area contributed by atoms with Crippen molar-refractivity contribution >= 4 is 47.3 Å². The lowest BCUT2D eigenvalue weighted by Crippen LogP contribution is -2.42. The molecule has 162 valence electrons. The molecule has 31 heavy (non-hydrogen) atoms. The van der Waals surface area contributed by atoms with E-state index in [1.807, 2.05) is 12.1 Å². The Morgan fingerprint density at radius 1 is 1.13 bits per heavy atom. The number of carbonyl (C=O) groups is 2. The van der Waals surface area contributed by atoms with Crippen LogP contribution in [-0.2, 0) is 14.3 Å². The lowest BCUT2D eigenvalue weighted by Gasteiger charge is -2.42. The van der Waals surface area contributed by atoms with E-state index in [9.17, 15) is 14.7 Å². The molecule has 2 bridgehead atoms. The Balaban J connectivity index is 1.54. The summed E-state index contributed by atoms with van der Waals surface area (Å²) < 4.78 is 16.6. The summed E-state index contributed by atoms with van der Waals surface area (Å²) in [5.41, 5.74) is 0.940. The molecule has 10 heteroatoms. The molecule has 2 aromatic rings. The number of methoxy groups -OCH3 is 2. The van der Waals surface area contributed by atoms with Crippen LogP contribution in [0.1, 0.15) is 22.8 Å². The predicted molar refractivity (Wildman–Crippen MR) is 115 cm³/mol. The van der Waals surface area contributed by atoms with Gasteiger partial charge in [0.05, 0.1) is 31.1 Å². The number of thioether (sulfide) groups is 1. The Hall–Kier alpha value is -2.04. The average Bonchev–Trinajstić information content (AvgIpc) is 3.47. The number of phenolic OH excluding ortho intramolecular Hbond substituents is 1. The van der Waals surface area contributed by atoms with Gasteiger partial charge in [-0.1, -0.05) is 0 Å². The standard InChI is InChI=1S/C21H19NO6S3/c1-26-9-3-6(4-10(27-2)15(9)23)11-12-7-5-8(14-13(7)19(24)28-20(14)25)16(12)30-18-17(11)31-21(29)22-18/h3-4,7-8,11-14,16,23H,5H2,1-2H3,(H,22,29). The maximum Gasteiger partial charge on any atom is 0.317 e. The fourth-order valence-electron chi connectivity index (χ4n) is 6.28. The lowest BCUT2D eigenvalue weighted by molar-refractivity contribution is -0.154. The van der Waals surface area contributed by atoms with Crippen molar-refractivity contribution in [1.82, 2.24) is 4.98 Å². The van der Waals surface area contributed by atoms with Gasteiger partial charge in [0.15, 0.2) is 15.5 Å². The van der Waals surface area contributed by atoms with Crippen LogP contribution >= 0.6 is 35.3 Å². The number of carbonyl (C=O) groups excluding carboxylic acids is 2. The zero-order valence-electron chi connectivity index (χ0n) is 16.6. The molecule has 0 radical (unpaired) electrons. The van der Waals surface area contributed by atoms with Crippen LogP contribution in [0.25, 0.3) is 0 Å². The number of hydrogen-bond acceptors (Lipinski definition) is 9. The Morgan fingerprint density at radius 3 is 2.42 bits per heavy atom. The van der Waals surface area contributed by atoms with E-state index in [1.54, 1.807) is 11.8 Å². The molecule has 6 rings (SSSR count). The largest absolute Gasteiger partial charge is 0.502 e. The van der Waals surface area contributed by atoms with Gasteiger partial charge in [-0.05, 0) is 54.1 Å². The Bertz CT molecular complexity index is 1160. The van der Waals surface area contributed by atoms with Gasteiger partial charge in [-0.15, -0.1) is 23.1 Å². The number of nitrogens with one attached hydrogen (secondary N) is 1. The van der Waals surface area contributed by atoms with Gasteiger partial charge in [-0.2, -0.15) is 0 Å². The number of rotatable bonds is 3. The molecular formula is C21H19NO6S3. The van der Waals surface area contributed by atoms with Gasteiger partial charge in [0.1, 0.15) is 0 Å². The van der Waals surface area contributed by atoms with E-state index in [0.29, 0.717) is 15.5 Å². The molecule has 1 aromatic heterocycles. The zero-order chi connectivity index (χ0) is 21.6. The molecule has 0 amide bonds. The molecule has 4 aliphatic rings. The van der Waals surface area contributed by atoms with Gasteiger partial charge >= 0.3 is 11.9 Å². The van der Waals surface area contributed by atoms with Crippen LogP contribution in [0.5, 0.6) is 17.2 Å². The van der Waals surface area contributed by atoms with E-state index in [1.165, 1.54) is 25.6 Å². The van der Waals surface area contributed by atoms with Crippen molar-refractivity contribution in [3.63, 3.8) is 0 Å². The second-order valence-electron chi connectivity index (χ2n) is 8.47. The van der Waals surface area contributed by atoms with E-state index in [0.717, 1.165) is 21.9 Å². The molecule has 2 aliphatic carbocycles. The van der Waals surface area contributed by atoms with Crippen LogP contribution in [0.3, 0.4) is 0 Å². The second kappa shape index (κ2) is 6.73. The third-order valence-electron chi connectivity index (χ3n) is 7.32. The summed E-state index contributed by atoms with van der Waals surface area (Å²) in [6.07, 6.45) is 0.844. The van der Waals surface area contributed by atoms with E-state index in [4.69, 9.17) is 26.4 Å². The van der Waals surface area contributed by atoms with Gasteiger partial charge in [0.25, 0.3) is 0 Å². The number of hydrogen-bond donors (Lipinski definition) is 2. The SMILES string of the molecule is COc1cc(C2c3sc(=S)[nH]c3SC3C4CC(C5C(=O)OC(=O)C45)C23)cc(OC)c1O. The molecule has 7 unspecified atom stereocenters. The number of aromatic amines is 1. The number of fused-ring (bicyclic) bond motifs is 9. The minimum Gasteiger partial charge on any atom is -0.502 e. The second-order valence-corrected chi connectivity index (χ2v) is 11.4. The normalized spacial score (nSPS) is 34.8. The lowest BCUT2D eigenvalue weighted by atomic mass is 9.68. The maximum absolute atomic E-state index is 12.5. The zero-order valence-corrected chi connectivity index (χ0v) is 19.1. The molecule has 2 aliphatic heterocycles. The minimum absolute atomic E-state index is 0.0459. The molecule has 1 saturated heterocycles. The summed E-state index contributed by atoms with van der Waals surface area (Å²) >= 11 is 8.74. The van der Waals surface area contributed by atoms with Crippen molar-refractivity contribution in [2.24, 2.45) is 29.6 Å². The molecule has 3 fully saturated rings. The first-order valence-corrected chi connectivity index (χ1v) is 12.1. The summed E-state index contributed by atoms with van der Waals surface area (Å²) in [6.45, 7) is 0. The number of aromatic hydroxyl groups is 1. The predicted octanol–water partition coefficient (Wildman–Crippen LogP) is 3.72. The number of esters is 2. The highest BCUT2D eigenvalue weighted by Crippen LogP contribution is 2.68. The average molecular weight is 478 g/mol. The van der Waals surface area contributed by atoms with Crippen molar-refractivity contribution < 1.29 is 28.9 Å². The summed E-state index contributed by atoms with van der Waals surface area (Å²) in [4.78, 5) is 29.4. The maximum atomic E-state index is 12.5. The molecule has 1 aromatic carbocycles. The third kappa shape index (κ3) is 2.55. The quantitative estimate of drug-likeness (QED) is 0.392. The van der Waals surface area contributed by atoms with E-state index < -0.39 is 0 Å². The number of phenols is 1. The third-order valence-corrected chi connectivity index (χ3v) is 10.3. The van der Waals surface area contributed by atoms with Crippen molar-refractivity contribution in [2.75, 3.05) is 14.2 Å². The van der Waals surface area contributed by atoms with Crippen LogP contribution < -0.4 is 9.47 Å². The van der Waals surface area contributed by atoms with Crippen LogP contribution in [0, 0.1) is 33.5 Å². The van der Waals surface area contributed by atoms with Crippen molar-refractivity contribution in [3.8, 4) is 17.2 Å². The van der Waals surface area contributed by atoms with E-state index in [-0.39, 0.29) is 58.4 Å². The minimum atomic E-state index is -0.377. The van der Waals surface area contributed by atoms with Crippen molar-refractivity contribution in [1.29, 1.82) is 0 Å². The summed E-state index contributed by atoms with van der Waals surface area (Å²) in [7, 11) is 3.01. The van der Waals surface area contributed by atoms with Crippen molar-refractivity contribution in [3.05, 3.63) is 26.5 Å². The van der Waals surface area contributed by atoms with Gasteiger partial charge in [0, 0.05) is 16.0 Å². The Kier molecular flexibility index (Phi) is 4.26. The van der Waals surface area contributed by atoms with Gasteiger partial charge in [-0.25, -0.2) is 0 Å². The monoisotopic (exact) mass is 477 g/mol. The molecule has 7 nitrogen and oxygen atoms in total. The first-order valence-electron chi connectivity index (χ1n) is 10.0. The molecular weight excluding hydrogens is 458 g/mol. The first-order chi connectivity index (χ1) is 14.9. The Labute approximate surface area is 191 Å². The number of thiazole rings is 1. The first kappa shape index (κ1) is 19.6. The molecule has 7 atom stereocenters. The highest BCUT2D eigenvalue weighted by molar-refractivity contribution is 8.00. The molecule has 2 saturated carbocycles. The molecule has 3 heterocycles. The van der Waals surface area contributed by atoms with Crippen LogP contribution in [0.4, 0.5) is 0 Å². The summed E-state index contributed by atoms with van der Waals surface area (Å²) in [6, 6.07) is 3.67. The number of aromatic nitrogens is 1. The number of H-pyrrole nitrogens is 1. The van der Waals surface area contributed by atoms with E-state index >= 15 is 0 Å². The molecule has 0 spiro atoms. The van der Waals surface area contributed by atoms with Crippen molar-refractivity contribution in [2.45, 2.75) is 22.6 Å². The smallest absolute Gasteiger partial charge is 0.317 e. The van der Waals surface area contributed by atoms with Crippen LogP contribution in [-0.4, -0.2) is 41.5 Å². The number of benzene rings is 1. The molecule has 2 N–H and O–H groups in total. The highest BCUT2D eigenvalue weighted by atomic mass is 32.2. The fourth-order valence-corrected chi connectivity index (χ4v) is 9.62. The summed E-state index contributed by atoms with van der Waals surface area (Å²) in [5, 5.41) is 11.6. The van der Waals surface area contributed by atoms with Crippen LogP contribution in [0.2, 0.25) is 0 Å². The highest BCUT2D eigenvalue weighted by Gasteiger charge is 2.69.